The van der Waals surface area contributed by atoms with E-state index in [2.05, 4.69) is 15.9 Å². The maximum atomic E-state index is 12.1. The van der Waals surface area contributed by atoms with Gasteiger partial charge in [-0.15, -0.1) is 0 Å². The molecule has 4 nitrogen and oxygen atoms in total. The molecule has 0 atom stereocenters. The SMILES string of the molecule is Cc1cc(N)c(N)c(C(=O)OCc2ccccc2Br)c1. The number of aryl methyl sites for hydroxylation is 1. The molecule has 0 aromatic heterocycles. The van der Waals surface area contributed by atoms with E-state index in [9.17, 15) is 4.79 Å². The first-order chi connectivity index (χ1) is 9.49. The molecule has 20 heavy (non-hydrogen) atoms. The molecular formula is C15H15BrN2O2. The second-order valence-electron chi connectivity index (χ2n) is 4.48. The van der Waals surface area contributed by atoms with E-state index in [1.165, 1.54) is 0 Å². The Hall–Kier alpha value is -2.01. The number of benzene rings is 2. The van der Waals surface area contributed by atoms with Gasteiger partial charge >= 0.3 is 5.97 Å². The molecule has 0 heterocycles. The molecule has 0 aliphatic rings. The fourth-order valence-electron chi connectivity index (χ4n) is 1.83. The average molecular weight is 335 g/mol. The smallest absolute Gasteiger partial charge is 0.340 e. The molecule has 0 spiro atoms. The van der Waals surface area contributed by atoms with E-state index >= 15 is 0 Å². The summed E-state index contributed by atoms with van der Waals surface area (Å²) in [6.07, 6.45) is 0. The van der Waals surface area contributed by atoms with Gasteiger partial charge in [0.2, 0.25) is 0 Å². The Kier molecular flexibility index (Phi) is 4.29. The minimum absolute atomic E-state index is 0.174. The number of halogens is 1. The molecule has 0 aliphatic carbocycles. The maximum absolute atomic E-state index is 12.1. The standard InChI is InChI=1S/C15H15BrN2O2/c1-9-6-11(14(18)13(17)7-9)15(19)20-8-10-4-2-3-5-12(10)16/h2-7H,8,17-18H2,1H3. The van der Waals surface area contributed by atoms with Gasteiger partial charge in [0.25, 0.3) is 0 Å². The Balaban J connectivity index is 2.15. The van der Waals surface area contributed by atoms with Crippen LogP contribution >= 0.6 is 15.9 Å². The normalized spacial score (nSPS) is 10.3. The molecule has 0 radical (unpaired) electrons. The zero-order valence-corrected chi connectivity index (χ0v) is 12.6. The van der Waals surface area contributed by atoms with Crippen LogP contribution in [0.4, 0.5) is 11.4 Å². The van der Waals surface area contributed by atoms with Gasteiger partial charge in [0.05, 0.1) is 16.9 Å². The number of nitrogen functional groups attached to an aromatic ring is 2. The predicted octanol–water partition coefficient (Wildman–Crippen LogP) is 3.28. The zero-order chi connectivity index (χ0) is 14.7. The number of rotatable bonds is 3. The largest absolute Gasteiger partial charge is 0.457 e. The van der Waals surface area contributed by atoms with Crippen LogP contribution in [0.25, 0.3) is 0 Å². The van der Waals surface area contributed by atoms with E-state index in [1.807, 2.05) is 31.2 Å². The van der Waals surface area contributed by atoms with Crippen LogP contribution < -0.4 is 11.5 Å². The lowest BCUT2D eigenvalue weighted by atomic mass is 10.1. The molecule has 2 aromatic carbocycles. The molecule has 0 aliphatic heterocycles. The van der Waals surface area contributed by atoms with Crippen molar-refractivity contribution in [1.29, 1.82) is 0 Å². The second-order valence-corrected chi connectivity index (χ2v) is 5.34. The van der Waals surface area contributed by atoms with Crippen molar-refractivity contribution in [3.63, 3.8) is 0 Å². The van der Waals surface area contributed by atoms with E-state index in [0.29, 0.717) is 11.3 Å². The zero-order valence-electron chi connectivity index (χ0n) is 11.0. The van der Waals surface area contributed by atoms with Crippen LogP contribution in [0.3, 0.4) is 0 Å². The maximum Gasteiger partial charge on any atom is 0.340 e. The van der Waals surface area contributed by atoms with Gasteiger partial charge in [0, 0.05) is 10.0 Å². The number of ether oxygens (including phenoxy) is 1. The summed E-state index contributed by atoms with van der Waals surface area (Å²) in [5, 5.41) is 0. The molecule has 5 heteroatoms. The molecule has 0 amide bonds. The van der Waals surface area contributed by atoms with E-state index in [4.69, 9.17) is 16.2 Å². The Morgan fingerprint density at radius 3 is 2.65 bits per heavy atom. The summed E-state index contributed by atoms with van der Waals surface area (Å²) in [4.78, 5) is 12.1. The van der Waals surface area contributed by atoms with Crippen molar-refractivity contribution in [2.75, 3.05) is 11.5 Å². The fraction of sp³-hybridized carbons (Fsp3) is 0.133. The minimum Gasteiger partial charge on any atom is -0.457 e. The van der Waals surface area contributed by atoms with Gasteiger partial charge in [-0.25, -0.2) is 4.79 Å². The van der Waals surface area contributed by atoms with Crippen LogP contribution in [0.5, 0.6) is 0 Å². The average Bonchev–Trinajstić information content (AvgIpc) is 2.41. The highest BCUT2D eigenvalue weighted by molar-refractivity contribution is 9.10. The quantitative estimate of drug-likeness (QED) is 0.666. The van der Waals surface area contributed by atoms with E-state index in [-0.39, 0.29) is 12.3 Å². The first kappa shape index (κ1) is 14.4. The van der Waals surface area contributed by atoms with Gasteiger partial charge in [0.1, 0.15) is 6.61 Å². The Labute approximate surface area is 125 Å². The van der Waals surface area contributed by atoms with Gasteiger partial charge in [-0.1, -0.05) is 34.1 Å². The van der Waals surface area contributed by atoms with Gasteiger partial charge in [-0.2, -0.15) is 0 Å². The summed E-state index contributed by atoms with van der Waals surface area (Å²) in [5.74, 6) is -0.478. The van der Waals surface area contributed by atoms with Crippen molar-refractivity contribution in [3.8, 4) is 0 Å². The number of nitrogens with two attached hydrogens (primary N) is 2. The lowest BCUT2D eigenvalue weighted by Crippen LogP contribution is -2.10. The molecule has 0 saturated heterocycles. The molecule has 0 fully saturated rings. The van der Waals surface area contributed by atoms with Crippen LogP contribution in [0.1, 0.15) is 21.5 Å². The molecule has 0 bridgehead atoms. The Morgan fingerprint density at radius 1 is 1.25 bits per heavy atom. The molecule has 2 aromatic rings. The van der Waals surface area contributed by atoms with Gasteiger partial charge in [-0.05, 0) is 30.7 Å². The monoisotopic (exact) mass is 334 g/mol. The minimum atomic E-state index is -0.478. The lowest BCUT2D eigenvalue weighted by molar-refractivity contribution is 0.0473. The number of anilines is 2. The van der Waals surface area contributed by atoms with E-state index in [0.717, 1.165) is 15.6 Å². The van der Waals surface area contributed by atoms with Crippen LogP contribution in [-0.4, -0.2) is 5.97 Å². The van der Waals surface area contributed by atoms with Gasteiger partial charge in [-0.3, -0.25) is 0 Å². The third kappa shape index (κ3) is 3.11. The summed E-state index contributed by atoms with van der Waals surface area (Å²) < 4.78 is 6.17. The highest BCUT2D eigenvalue weighted by atomic mass is 79.9. The van der Waals surface area contributed by atoms with Crippen molar-refractivity contribution in [3.05, 3.63) is 57.6 Å². The van der Waals surface area contributed by atoms with Crippen molar-refractivity contribution in [2.24, 2.45) is 0 Å². The molecule has 104 valence electrons. The highest BCUT2D eigenvalue weighted by Crippen LogP contribution is 2.24. The summed E-state index contributed by atoms with van der Waals surface area (Å²) >= 11 is 3.40. The number of hydrogen-bond acceptors (Lipinski definition) is 4. The second kappa shape index (κ2) is 5.96. The van der Waals surface area contributed by atoms with Crippen molar-refractivity contribution >= 4 is 33.3 Å². The fourth-order valence-corrected chi connectivity index (χ4v) is 2.23. The van der Waals surface area contributed by atoms with Crippen LogP contribution in [0.2, 0.25) is 0 Å². The van der Waals surface area contributed by atoms with Crippen molar-refractivity contribution in [2.45, 2.75) is 13.5 Å². The molecule has 4 N–H and O–H groups in total. The van der Waals surface area contributed by atoms with Crippen molar-refractivity contribution < 1.29 is 9.53 Å². The Bertz CT molecular complexity index is 656. The van der Waals surface area contributed by atoms with Crippen molar-refractivity contribution in [1.82, 2.24) is 0 Å². The van der Waals surface area contributed by atoms with Gasteiger partial charge < -0.3 is 16.2 Å². The van der Waals surface area contributed by atoms with Crippen LogP contribution in [0, 0.1) is 6.92 Å². The Morgan fingerprint density at radius 2 is 1.95 bits per heavy atom. The topological polar surface area (TPSA) is 78.3 Å². The van der Waals surface area contributed by atoms with Crippen LogP contribution in [0.15, 0.2) is 40.9 Å². The lowest BCUT2D eigenvalue weighted by Gasteiger charge is -2.10. The number of carbonyl (C=O) groups is 1. The highest BCUT2D eigenvalue weighted by Gasteiger charge is 2.14. The summed E-state index contributed by atoms with van der Waals surface area (Å²) in [6.45, 7) is 2.02. The first-order valence-corrected chi connectivity index (χ1v) is 6.84. The summed E-state index contributed by atoms with van der Waals surface area (Å²) in [5.41, 5.74) is 14.3. The van der Waals surface area contributed by atoms with E-state index in [1.54, 1.807) is 12.1 Å². The number of carbonyl (C=O) groups excluding carboxylic acids is 1. The molecule has 2 rings (SSSR count). The first-order valence-electron chi connectivity index (χ1n) is 6.05. The molecule has 0 saturated carbocycles. The molecule has 0 unspecified atom stereocenters. The number of esters is 1. The summed E-state index contributed by atoms with van der Waals surface area (Å²) in [7, 11) is 0. The summed E-state index contributed by atoms with van der Waals surface area (Å²) in [6, 6.07) is 10.9. The number of hydrogen-bond donors (Lipinski definition) is 2. The van der Waals surface area contributed by atoms with Gasteiger partial charge in [0.15, 0.2) is 0 Å². The molecular weight excluding hydrogens is 320 g/mol. The third-order valence-electron chi connectivity index (χ3n) is 2.89. The predicted molar refractivity (Wildman–Crippen MR) is 83.3 cm³/mol. The van der Waals surface area contributed by atoms with E-state index < -0.39 is 5.97 Å². The third-order valence-corrected chi connectivity index (χ3v) is 3.67. The van der Waals surface area contributed by atoms with Crippen LogP contribution in [-0.2, 0) is 11.3 Å².